The maximum absolute atomic E-state index is 14.6. The number of nitriles is 2. The number of nitrogens with zero attached hydrogens (tertiary/aromatic N) is 10. The summed E-state index contributed by atoms with van der Waals surface area (Å²) in [7, 11) is -1.87. The van der Waals surface area contributed by atoms with Gasteiger partial charge in [-0.15, -0.1) is 0 Å². The highest BCUT2D eigenvalue weighted by Crippen LogP contribution is 2.44. The van der Waals surface area contributed by atoms with E-state index in [1.54, 1.807) is 0 Å². The van der Waals surface area contributed by atoms with Crippen molar-refractivity contribution in [3.8, 4) is 12.1 Å². The first-order valence-corrected chi connectivity index (χ1v) is 24.4. The van der Waals surface area contributed by atoms with Crippen LogP contribution in [0.5, 0.6) is 0 Å². The Bertz CT molecular complexity index is 3870. The monoisotopic (exact) mass is 1160 g/mol. The van der Waals surface area contributed by atoms with Gasteiger partial charge in [0.25, 0.3) is 0 Å². The first kappa shape index (κ1) is 60.0. The van der Waals surface area contributed by atoms with Crippen LogP contribution >= 0.6 is 15.9 Å². The summed E-state index contributed by atoms with van der Waals surface area (Å²) in [6, 6.07) is 7.99. The maximum Gasteiger partial charge on any atom is 0.488 e. The minimum Gasteiger partial charge on any atom is -0.405 e. The summed E-state index contributed by atoms with van der Waals surface area (Å²) in [5, 5.41) is 17.7. The molecule has 0 radical (unpaired) electrons. The largest absolute Gasteiger partial charge is 0.488 e. The quantitative estimate of drug-likeness (QED) is 0.0842. The zero-order valence-electron chi connectivity index (χ0n) is 44.4. The predicted octanol–water partition coefficient (Wildman–Crippen LogP) is 9.64. The van der Waals surface area contributed by atoms with Crippen LogP contribution in [0, 0.1) is 95.5 Å². The molecule has 0 N–H and O–H groups in total. The normalized spacial score (nSPS) is 19.9. The molecule has 3 saturated heterocycles. The van der Waals surface area contributed by atoms with Gasteiger partial charge in [-0.25, -0.2) is 64.5 Å². The SMILES string of the molecule is CC1(C)OB(B2OC(C)(C)C(C)(C)O2)OC1(C)C.[C-]#[N+]/C(=C1/N=c2ccc(B3OC(C)(C)C(C)(C)O3)c([N+]#[C-])c2=N1)c1c(F)c(F)c(C#N)c(F)c1F.[C-]#[N+]/C(=C1/N=c2ccc(Br)c([N+]#[C-])c2=N1)c1c(F)c(F)c(C#N)c(F)c1F. The second-order valence-corrected chi connectivity index (χ2v) is 21.8. The van der Waals surface area contributed by atoms with E-state index in [9.17, 15) is 35.1 Å². The van der Waals surface area contributed by atoms with Crippen molar-refractivity contribution < 1.29 is 63.0 Å². The van der Waals surface area contributed by atoms with E-state index >= 15 is 0 Å². The fourth-order valence-electron chi connectivity index (χ4n) is 7.93. The Morgan fingerprint density at radius 3 is 1.10 bits per heavy atom. The maximum atomic E-state index is 14.6. The van der Waals surface area contributed by atoms with E-state index in [-0.39, 0.29) is 55.2 Å². The van der Waals surface area contributed by atoms with Crippen LogP contribution in [0.3, 0.4) is 0 Å². The van der Waals surface area contributed by atoms with E-state index in [0.717, 1.165) is 12.1 Å². The van der Waals surface area contributed by atoms with Gasteiger partial charge in [-0.2, -0.15) is 10.5 Å². The second-order valence-electron chi connectivity index (χ2n) is 20.9. The van der Waals surface area contributed by atoms with Gasteiger partial charge >= 0.3 is 21.1 Å². The predicted molar refractivity (Wildman–Crippen MR) is 275 cm³/mol. The lowest BCUT2D eigenvalue weighted by Gasteiger charge is -2.32. The van der Waals surface area contributed by atoms with E-state index in [4.69, 9.17) is 64.7 Å². The fourth-order valence-corrected chi connectivity index (χ4v) is 8.33. The van der Waals surface area contributed by atoms with Crippen molar-refractivity contribution in [1.82, 2.24) is 0 Å². The third-order valence-corrected chi connectivity index (χ3v) is 15.1. The van der Waals surface area contributed by atoms with Gasteiger partial charge in [0.2, 0.25) is 22.8 Å². The zero-order valence-corrected chi connectivity index (χ0v) is 46.0. The first-order valence-electron chi connectivity index (χ1n) is 23.6. The number of benzene rings is 4. The Labute approximate surface area is 462 Å². The lowest BCUT2D eigenvalue weighted by molar-refractivity contribution is 0.00578. The molecule has 5 heterocycles. The van der Waals surface area contributed by atoms with Gasteiger partial charge in [-0.1, -0.05) is 28.1 Å². The van der Waals surface area contributed by atoms with Crippen LogP contribution in [0.4, 0.5) is 46.5 Å². The number of hydrogen-bond acceptors (Lipinski definition) is 12. The number of hydrogen-bond donors (Lipinski definition) is 0. The molecule has 3 fully saturated rings. The topological polar surface area (TPSA) is 170 Å². The van der Waals surface area contributed by atoms with E-state index in [1.807, 2.05) is 83.1 Å². The summed E-state index contributed by atoms with van der Waals surface area (Å²) >= 11 is 3.15. The fraction of sp³-hybridized carbons (Fsp3) is 0.346. The average molecular weight is 1170 g/mol. The molecule has 0 unspecified atom stereocenters. The van der Waals surface area contributed by atoms with Gasteiger partial charge in [0.15, 0.2) is 58.2 Å². The summed E-state index contributed by atoms with van der Waals surface area (Å²) in [6.07, 6.45) is 0. The lowest BCUT2D eigenvalue weighted by atomic mass is 9.49. The molecule has 406 valence electrons. The standard InChI is InChI=1S/C23H14BF4N5O2.C17H2BrF4N5.C12H24B2O4/c1-22(2)23(3,4)35-24(34-22)11-7-8-12-19(18(11)30-5)33-21(32-12)20(31-6)13-16(27)14(25)10(9-29)15(26)17(13)28;1-24-14-7(18)3-4-8-15(14)27-17(26-8)16(25-2)9-12(21)10(19)6(5-23)11(20)13(9)22;1-9(2)10(3,4)16-13(15-9)14-17-11(5,6)12(7,8)18-14/h7-8H,1-4H3;3-4H;1-8H3/b21-20-;17-16-;. The van der Waals surface area contributed by atoms with Crippen LogP contribution in [0.1, 0.15) is 105 Å². The average Bonchev–Trinajstić information content (AvgIpc) is 4.25. The Hall–Kier alpha value is -7.63. The van der Waals surface area contributed by atoms with Gasteiger partial charge in [0.05, 0.1) is 92.5 Å². The molecule has 28 heteroatoms. The van der Waals surface area contributed by atoms with Crippen molar-refractivity contribution in [2.75, 3.05) is 0 Å². The Balaban J connectivity index is 0.000000183. The third kappa shape index (κ3) is 10.1. The molecule has 0 amide bonds. The van der Waals surface area contributed by atoms with Crippen LogP contribution in [0.15, 0.2) is 60.3 Å². The Kier molecular flexibility index (Phi) is 15.8. The summed E-state index contributed by atoms with van der Waals surface area (Å²) in [5.41, 5.74) is -9.86. The molecule has 5 aliphatic heterocycles. The van der Waals surface area contributed by atoms with Crippen molar-refractivity contribution in [3.63, 3.8) is 0 Å². The molecule has 0 atom stereocenters. The number of fused-ring (bicyclic) bond motifs is 2. The van der Waals surface area contributed by atoms with Gasteiger partial charge in [-0.05, 0) is 101 Å². The minimum absolute atomic E-state index is 0.0150. The molecule has 4 aromatic rings. The van der Waals surface area contributed by atoms with Gasteiger partial charge in [0.1, 0.15) is 23.3 Å². The smallest absolute Gasteiger partial charge is 0.405 e. The molecular formula is C52H40B3BrF8N10O6. The lowest BCUT2D eigenvalue weighted by Crippen LogP contribution is -2.41. The van der Waals surface area contributed by atoms with Crippen molar-refractivity contribution in [3.05, 3.63) is 176 Å². The minimum atomic E-state index is -1.94. The molecule has 4 aromatic carbocycles. The zero-order chi connectivity index (χ0) is 59.7. The molecule has 0 saturated carbocycles. The van der Waals surface area contributed by atoms with Crippen LogP contribution < -0.4 is 26.9 Å². The van der Waals surface area contributed by atoms with E-state index < -0.39 is 124 Å². The van der Waals surface area contributed by atoms with E-state index in [1.165, 1.54) is 24.3 Å². The van der Waals surface area contributed by atoms with Crippen molar-refractivity contribution in [2.45, 2.75) is 117 Å². The van der Waals surface area contributed by atoms with Gasteiger partial charge in [0, 0.05) is 4.47 Å². The summed E-state index contributed by atoms with van der Waals surface area (Å²) in [5.74, 6) is -16.5. The van der Waals surface area contributed by atoms with Crippen LogP contribution in [-0.2, 0) is 27.9 Å². The van der Waals surface area contributed by atoms with Gasteiger partial charge < -0.3 is 27.9 Å². The van der Waals surface area contributed by atoms with Crippen molar-refractivity contribution in [1.29, 1.82) is 10.5 Å². The molecule has 80 heavy (non-hydrogen) atoms. The van der Waals surface area contributed by atoms with Crippen molar-refractivity contribution in [2.24, 2.45) is 20.0 Å². The summed E-state index contributed by atoms with van der Waals surface area (Å²) in [6.45, 7) is 52.9. The molecule has 9 rings (SSSR count). The molecule has 0 bridgehead atoms. The molecular weight excluding hydrogens is 1120 g/mol. The summed E-state index contributed by atoms with van der Waals surface area (Å²) < 4.78 is 150. The highest BCUT2D eigenvalue weighted by Gasteiger charge is 2.64. The highest BCUT2D eigenvalue weighted by atomic mass is 79.9. The van der Waals surface area contributed by atoms with E-state index in [2.05, 4.69) is 55.3 Å². The molecule has 0 spiro atoms. The molecule has 5 aliphatic rings. The van der Waals surface area contributed by atoms with Crippen LogP contribution in [0.25, 0.3) is 30.8 Å². The Morgan fingerprint density at radius 1 is 0.475 bits per heavy atom. The molecule has 0 aromatic heterocycles. The van der Waals surface area contributed by atoms with Crippen molar-refractivity contribution >= 4 is 65.3 Å². The third-order valence-electron chi connectivity index (χ3n) is 14.5. The van der Waals surface area contributed by atoms with Gasteiger partial charge in [-0.3, -0.25) is 9.98 Å². The molecule has 16 nitrogen and oxygen atoms in total. The number of halogens is 9. The second kappa shape index (κ2) is 21.1. The number of rotatable bonds is 4. The summed E-state index contributed by atoms with van der Waals surface area (Å²) in [4.78, 5) is 28.7. The van der Waals surface area contributed by atoms with E-state index in [0.29, 0.717) is 9.94 Å². The molecule has 0 aliphatic carbocycles. The Morgan fingerprint density at radius 2 is 0.787 bits per heavy atom. The van der Waals surface area contributed by atoms with Crippen LogP contribution in [0.2, 0.25) is 0 Å². The first-order chi connectivity index (χ1) is 37.1. The van der Waals surface area contributed by atoms with Crippen LogP contribution in [-0.4, -0.2) is 54.7 Å². The highest BCUT2D eigenvalue weighted by molar-refractivity contribution is 9.10.